The predicted molar refractivity (Wildman–Crippen MR) is 78.5 cm³/mol. The Morgan fingerprint density at radius 2 is 2.05 bits per heavy atom. The number of aldehydes is 1. The first-order valence-electron chi connectivity index (χ1n) is 6.61. The largest absolute Gasteiger partial charge is 0.383 e. The lowest BCUT2D eigenvalue weighted by molar-refractivity contribution is 0.112. The third kappa shape index (κ3) is 2.72. The van der Waals surface area contributed by atoms with Crippen molar-refractivity contribution >= 4 is 12.1 Å². The van der Waals surface area contributed by atoms with Crippen LogP contribution in [-0.4, -0.2) is 23.2 Å². The molecular formula is C15H19N3O2. The van der Waals surface area contributed by atoms with Crippen molar-refractivity contribution in [3.63, 3.8) is 0 Å². The van der Waals surface area contributed by atoms with Gasteiger partial charge in [-0.1, -0.05) is 37.6 Å². The Hall–Kier alpha value is -2.14. The molecule has 2 aromatic rings. The molecule has 2 N–H and O–H groups in total. The molecule has 0 saturated carbocycles. The van der Waals surface area contributed by atoms with E-state index in [-0.39, 0.29) is 6.73 Å². The van der Waals surface area contributed by atoms with Crippen molar-refractivity contribution in [2.45, 2.75) is 26.5 Å². The minimum absolute atomic E-state index is 0.223. The molecule has 106 valence electrons. The minimum Gasteiger partial charge on any atom is -0.383 e. The van der Waals surface area contributed by atoms with Gasteiger partial charge in [0.1, 0.15) is 18.2 Å². The van der Waals surface area contributed by atoms with Gasteiger partial charge in [0.2, 0.25) is 0 Å². The standard InChI is InChI=1S/C15H19N3O2/c1-3-4-11-5-7-12(8-6-11)14-13(9-19)15(16)18(17-14)10-20-2/h5-9H,3-4,10,16H2,1-2H3. The predicted octanol–water partition coefficient (Wildman–Crippen LogP) is 2.50. The number of nitrogens with two attached hydrogens (primary N) is 1. The van der Waals surface area contributed by atoms with Crippen molar-refractivity contribution in [1.82, 2.24) is 9.78 Å². The lowest BCUT2D eigenvalue weighted by Crippen LogP contribution is -2.06. The molecule has 20 heavy (non-hydrogen) atoms. The Bertz CT molecular complexity index is 588. The van der Waals surface area contributed by atoms with E-state index in [1.165, 1.54) is 10.2 Å². The maximum absolute atomic E-state index is 11.2. The molecule has 5 heteroatoms. The van der Waals surface area contributed by atoms with E-state index < -0.39 is 0 Å². The van der Waals surface area contributed by atoms with E-state index in [2.05, 4.69) is 24.2 Å². The number of rotatable bonds is 6. The van der Waals surface area contributed by atoms with Gasteiger partial charge in [-0.2, -0.15) is 5.10 Å². The first-order chi connectivity index (χ1) is 9.71. The van der Waals surface area contributed by atoms with Crippen LogP contribution in [0.15, 0.2) is 24.3 Å². The number of nitrogens with zero attached hydrogens (tertiary/aromatic N) is 2. The number of carbonyl (C=O) groups is 1. The van der Waals surface area contributed by atoms with E-state index in [9.17, 15) is 4.79 Å². The second-order valence-electron chi connectivity index (χ2n) is 4.63. The van der Waals surface area contributed by atoms with Gasteiger partial charge in [0.15, 0.2) is 6.29 Å². The van der Waals surface area contributed by atoms with Gasteiger partial charge in [-0.05, 0) is 12.0 Å². The SMILES string of the molecule is CCCc1ccc(-c2nn(COC)c(N)c2C=O)cc1. The van der Waals surface area contributed by atoms with Crippen molar-refractivity contribution in [2.24, 2.45) is 0 Å². The summed E-state index contributed by atoms with van der Waals surface area (Å²) in [5, 5.41) is 4.35. The molecular weight excluding hydrogens is 254 g/mol. The number of aromatic nitrogens is 2. The Morgan fingerprint density at radius 3 is 2.60 bits per heavy atom. The lowest BCUT2D eigenvalue weighted by Gasteiger charge is -2.01. The van der Waals surface area contributed by atoms with Crippen LogP contribution in [0.3, 0.4) is 0 Å². The zero-order chi connectivity index (χ0) is 14.5. The van der Waals surface area contributed by atoms with Crippen LogP contribution in [0.1, 0.15) is 29.3 Å². The van der Waals surface area contributed by atoms with E-state index >= 15 is 0 Å². The van der Waals surface area contributed by atoms with Crippen LogP contribution in [0.25, 0.3) is 11.3 Å². The first kappa shape index (κ1) is 14.3. The molecule has 1 heterocycles. The summed E-state index contributed by atoms with van der Waals surface area (Å²) in [4.78, 5) is 11.2. The fourth-order valence-corrected chi connectivity index (χ4v) is 2.16. The van der Waals surface area contributed by atoms with Crippen LogP contribution in [0.5, 0.6) is 0 Å². The third-order valence-electron chi connectivity index (χ3n) is 3.17. The second-order valence-corrected chi connectivity index (χ2v) is 4.63. The number of aryl methyl sites for hydroxylation is 1. The molecule has 0 aliphatic rings. The average Bonchev–Trinajstić information content (AvgIpc) is 2.77. The fourth-order valence-electron chi connectivity index (χ4n) is 2.16. The maximum atomic E-state index is 11.2. The van der Waals surface area contributed by atoms with Gasteiger partial charge < -0.3 is 10.5 Å². The van der Waals surface area contributed by atoms with Gasteiger partial charge in [-0.25, -0.2) is 4.68 Å². The topological polar surface area (TPSA) is 70.1 Å². The molecule has 1 aromatic carbocycles. The highest BCUT2D eigenvalue weighted by Crippen LogP contribution is 2.26. The Morgan fingerprint density at radius 1 is 1.35 bits per heavy atom. The van der Waals surface area contributed by atoms with Gasteiger partial charge in [-0.15, -0.1) is 0 Å². The van der Waals surface area contributed by atoms with E-state index in [1.54, 1.807) is 7.11 Å². The van der Waals surface area contributed by atoms with Crippen molar-refractivity contribution in [3.05, 3.63) is 35.4 Å². The van der Waals surface area contributed by atoms with Crippen LogP contribution in [0.4, 0.5) is 5.82 Å². The number of ether oxygens (including phenoxy) is 1. The summed E-state index contributed by atoms with van der Waals surface area (Å²) in [5.74, 6) is 0.328. The molecule has 0 aliphatic carbocycles. The molecule has 5 nitrogen and oxygen atoms in total. The third-order valence-corrected chi connectivity index (χ3v) is 3.17. The van der Waals surface area contributed by atoms with Gasteiger partial charge >= 0.3 is 0 Å². The number of benzene rings is 1. The summed E-state index contributed by atoms with van der Waals surface area (Å²) in [6.45, 7) is 2.37. The normalized spacial score (nSPS) is 10.7. The molecule has 2 rings (SSSR count). The van der Waals surface area contributed by atoms with Crippen molar-refractivity contribution < 1.29 is 9.53 Å². The van der Waals surface area contributed by atoms with Gasteiger partial charge in [0, 0.05) is 12.7 Å². The molecule has 0 radical (unpaired) electrons. The summed E-state index contributed by atoms with van der Waals surface area (Å²) in [7, 11) is 1.56. The van der Waals surface area contributed by atoms with Crippen molar-refractivity contribution in [1.29, 1.82) is 0 Å². The molecule has 0 atom stereocenters. The number of nitrogen functional groups attached to an aromatic ring is 1. The quantitative estimate of drug-likeness (QED) is 0.821. The lowest BCUT2D eigenvalue weighted by atomic mass is 10.0. The van der Waals surface area contributed by atoms with Crippen LogP contribution >= 0.6 is 0 Å². The Labute approximate surface area is 118 Å². The zero-order valence-corrected chi connectivity index (χ0v) is 11.8. The van der Waals surface area contributed by atoms with Gasteiger partial charge in [0.25, 0.3) is 0 Å². The highest BCUT2D eigenvalue weighted by Gasteiger charge is 2.16. The fraction of sp³-hybridized carbons (Fsp3) is 0.333. The Kier molecular flexibility index (Phi) is 4.53. The maximum Gasteiger partial charge on any atom is 0.156 e. The smallest absolute Gasteiger partial charge is 0.156 e. The van der Waals surface area contributed by atoms with Crippen molar-refractivity contribution in [2.75, 3.05) is 12.8 Å². The van der Waals surface area contributed by atoms with E-state index in [1.807, 2.05) is 12.1 Å². The molecule has 0 amide bonds. The van der Waals surface area contributed by atoms with Gasteiger partial charge in [0.05, 0.1) is 5.56 Å². The summed E-state index contributed by atoms with van der Waals surface area (Å²) in [6.07, 6.45) is 2.89. The van der Waals surface area contributed by atoms with E-state index in [0.29, 0.717) is 17.1 Å². The van der Waals surface area contributed by atoms with Gasteiger partial charge in [-0.3, -0.25) is 4.79 Å². The average molecular weight is 273 g/mol. The van der Waals surface area contributed by atoms with E-state index in [4.69, 9.17) is 10.5 Å². The molecule has 0 unspecified atom stereocenters. The van der Waals surface area contributed by atoms with E-state index in [0.717, 1.165) is 24.7 Å². The van der Waals surface area contributed by atoms with Crippen LogP contribution in [-0.2, 0) is 17.9 Å². The number of carbonyl (C=O) groups excluding carboxylic acids is 1. The van der Waals surface area contributed by atoms with Crippen LogP contribution < -0.4 is 5.73 Å². The summed E-state index contributed by atoms with van der Waals surface area (Å²) in [6, 6.07) is 8.05. The van der Waals surface area contributed by atoms with Crippen LogP contribution in [0.2, 0.25) is 0 Å². The number of methoxy groups -OCH3 is 1. The number of hydrogen-bond acceptors (Lipinski definition) is 4. The molecule has 0 fully saturated rings. The molecule has 0 bridgehead atoms. The Balaban J connectivity index is 2.40. The minimum atomic E-state index is 0.223. The second kappa shape index (κ2) is 6.34. The molecule has 0 spiro atoms. The summed E-state index contributed by atoms with van der Waals surface area (Å²) >= 11 is 0. The highest BCUT2D eigenvalue weighted by atomic mass is 16.5. The summed E-state index contributed by atoms with van der Waals surface area (Å²) < 4.78 is 6.50. The van der Waals surface area contributed by atoms with Crippen LogP contribution in [0, 0.1) is 0 Å². The van der Waals surface area contributed by atoms with Crippen molar-refractivity contribution in [3.8, 4) is 11.3 Å². The highest BCUT2D eigenvalue weighted by molar-refractivity contribution is 5.91. The number of anilines is 1. The first-order valence-corrected chi connectivity index (χ1v) is 6.61. The molecule has 1 aromatic heterocycles. The molecule has 0 aliphatic heterocycles. The molecule has 0 saturated heterocycles. The monoisotopic (exact) mass is 273 g/mol. The number of hydrogen-bond donors (Lipinski definition) is 1. The summed E-state index contributed by atoms with van der Waals surface area (Å²) in [5.41, 5.74) is 9.06. The zero-order valence-electron chi connectivity index (χ0n) is 11.8.